The van der Waals surface area contributed by atoms with E-state index < -0.39 is 0 Å². The Morgan fingerprint density at radius 1 is 1.19 bits per heavy atom. The van der Waals surface area contributed by atoms with E-state index in [4.69, 9.17) is 9.31 Å². The van der Waals surface area contributed by atoms with Gasteiger partial charge in [0.1, 0.15) is 0 Å². The lowest BCUT2D eigenvalue weighted by molar-refractivity contribution is 0.00578. The molecule has 1 rings (SSSR count). The van der Waals surface area contributed by atoms with Crippen LogP contribution >= 0.6 is 11.8 Å². The van der Waals surface area contributed by atoms with Crippen LogP contribution in [0.1, 0.15) is 34.1 Å². The number of hydrogen-bond donors (Lipinski definition) is 0. The van der Waals surface area contributed by atoms with Crippen molar-refractivity contribution in [2.75, 3.05) is 11.5 Å². The lowest BCUT2D eigenvalue weighted by Gasteiger charge is -2.32. The molecule has 2 nitrogen and oxygen atoms in total. The molecule has 0 bridgehead atoms. The van der Waals surface area contributed by atoms with Crippen molar-refractivity contribution in [2.45, 2.75) is 51.6 Å². The van der Waals surface area contributed by atoms with Crippen molar-refractivity contribution in [3.63, 3.8) is 0 Å². The molecule has 4 heteroatoms. The highest BCUT2D eigenvalue weighted by molar-refractivity contribution is 7.99. The largest absolute Gasteiger partial charge is 0.457 e. The van der Waals surface area contributed by atoms with Crippen molar-refractivity contribution in [2.24, 2.45) is 0 Å². The van der Waals surface area contributed by atoms with Gasteiger partial charge >= 0.3 is 7.12 Å². The van der Waals surface area contributed by atoms with Crippen LogP contribution in [-0.4, -0.2) is 29.8 Å². The molecule has 92 valence electrons. The first-order chi connectivity index (χ1) is 7.39. The molecule has 1 heterocycles. The zero-order valence-electron chi connectivity index (χ0n) is 10.9. The van der Waals surface area contributed by atoms with Crippen molar-refractivity contribution >= 4 is 18.9 Å². The molecule has 0 aromatic heterocycles. The second-order valence-corrected chi connectivity index (χ2v) is 6.34. The Labute approximate surface area is 104 Å². The highest BCUT2D eigenvalue weighted by Gasteiger charge is 2.50. The Kier molecular flexibility index (Phi) is 4.96. The normalized spacial score (nSPS) is 22.4. The summed E-state index contributed by atoms with van der Waals surface area (Å²) in [5.41, 5.74) is -0.377. The van der Waals surface area contributed by atoms with Crippen molar-refractivity contribution in [1.29, 1.82) is 0 Å². The molecule has 0 aliphatic carbocycles. The van der Waals surface area contributed by atoms with E-state index in [-0.39, 0.29) is 18.3 Å². The van der Waals surface area contributed by atoms with Gasteiger partial charge in [0, 0.05) is 5.75 Å². The van der Waals surface area contributed by atoms with Crippen LogP contribution in [0.2, 0.25) is 6.32 Å². The third-order valence-electron chi connectivity index (χ3n) is 3.27. The van der Waals surface area contributed by atoms with Crippen LogP contribution in [0, 0.1) is 0 Å². The molecule has 0 unspecified atom stereocenters. The van der Waals surface area contributed by atoms with Gasteiger partial charge in [0.05, 0.1) is 11.2 Å². The summed E-state index contributed by atoms with van der Waals surface area (Å²) in [7, 11) is -0.0330. The molecule has 16 heavy (non-hydrogen) atoms. The molecule has 0 saturated carbocycles. The van der Waals surface area contributed by atoms with Gasteiger partial charge in [-0.1, -0.05) is 6.08 Å². The van der Waals surface area contributed by atoms with E-state index in [9.17, 15) is 0 Å². The number of rotatable bonds is 6. The van der Waals surface area contributed by atoms with E-state index in [2.05, 4.69) is 34.3 Å². The predicted molar refractivity (Wildman–Crippen MR) is 73.0 cm³/mol. The van der Waals surface area contributed by atoms with Gasteiger partial charge < -0.3 is 9.31 Å². The van der Waals surface area contributed by atoms with Crippen molar-refractivity contribution in [1.82, 2.24) is 0 Å². The molecule has 0 N–H and O–H groups in total. The van der Waals surface area contributed by atoms with E-state index in [0.717, 1.165) is 24.2 Å². The Morgan fingerprint density at radius 2 is 1.75 bits per heavy atom. The fourth-order valence-electron chi connectivity index (χ4n) is 1.60. The highest BCUT2D eigenvalue weighted by Crippen LogP contribution is 2.37. The maximum atomic E-state index is 5.92. The van der Waals surface area contributed by atoms with Crippen LogP contribution in [0.4, 0.5) is 0 Å². The highest BCUT2D eigenvalue weighted by atomic mass is 32.2. The van der Waals surface area contributed by atoms with Crippen molar-refractivity contribution in [3.8, 4) is 0 Å². The Hall–Kier alpha value is 0.0749. The van der Waals surface area contributed by atoms with Crippen LogP contribution in [-0.2, 0) is 9.31 Å². The minimum atomic E-state index is -0.189. The number of thioether (sulfide) groups is 1. The van der Waals surface area contributed by atoms with E-state index >= 15 is 0 Å². The minimum absolute atomic E-state index is 0.0330. The average molecular weight is 242 g/mol. The molecule has 1 fully saturated rings. The van der Waals surface area contributed by atoms with Gasteiger partial charge in [-0.25, -0.2) is 0 Å². The fourth-order valence-corrected chi connectivity index (χ4v) is 2.31. The summed E-state index contributed by atoms with van der Waals surface area (Å²) in [5.74, 6) is 2.18. The molecule has 1 aliphatic heterocycles. The van der Waals surface area contributed by atoms with E-state index in [1.54, 1.807) is 0 Å². The summed E-state index contributed by atoms with van der Waals surface area (Å²) in [6, 6.07) is 0. The standard InChI is InChI=1S/C12H23BO2S/c1-6-9-16-10-7-8-13-14-11(2,3)12(4,5)15-13/h6H,1,7-10H2,2-5H3. The smallest absolute Gasteiger partial charge is 0.403 e. The molecule has 0 atom stereocenters. The second-order valence-electron chi connectivity index (χ2n) is 5.19. The van der Waals surface area contributed by atoms with Gasteiger partial charge in [0.25, 0.3) is 0 Å². The second kappa shape index (κ2) is 5.61. The summed E-state index contributed by atoms with van der Waals surface area (Å²) in [5, 5.41) is 0. The van der Waals surface area contributed by atoms with E-state index in [1.165, 1.54) is 0 Å². The van der Waals surface area contributed by atoms with Crippen LogP contribution in [0.25, 0.3) is 0 Å². The van der Waals surface area contributed by atoms with Crippen LogP contribution in [0.5, 0.6) is 0 Å². The monoisotopic (exact) mass is 242 g/mol. The van der Waals surface area contributed by atoms with Crippen molar-refractivity contribution < 1.29 is 9.31 Å². The predicted octanol–water partition coefficient (Wildman–Crippen LogP) is 3.39. The minimum Gasteiger partial charge on any atom is -0.403 e. The van der Waals surface area contributed by atoms with Crippen molar-refractivity contribution in [3.05, 3.63) is 12.7 Å². The zero-order chi connectivity index (χ0) is 12.2. The summed E-state index contributed by atoms with van der Waals surface area (Å²) in [4.78, 5) is 0. The Morgan fingerprint density at radius 3 is 2.25 bits per heavy atom. The van der Waals surface area contributed by atoms with Gasteiger partial charge in [-0.15, -0.1) is 6.58 Å². The number of hydrogen-bond acceptors (Lipinski definition) is 3. The summed E-state index contributed by atoms with van der Waals surface area (Å²) in [6.45, 7) is 12.1. The van der Waals surface area contributed by atoms with Crippen LogP contribution in [0.3, 0.4) is 0 Å². The molecule has 0 aromatic carbocycles. The Balaban J connectivity index is 2.24. The first-order valence-electron chi connectivity index (χ1n) is 5.93. The first-order valence-corrected chi connectivity index (χ1v) is 7.09. The molecular formula is C12H23BO2S. The first kappa shape index (κ1) is 14.1. The molecule has 0 aromatic rings. The maximum absolute atomic E-state index is 5.92. The van der Waals surface area contributed by atoms with Crippen LogP contribution in [0.15, 0.2) is 12.7 Å². The molecule has 0 radical (unpaired) electrons. The molecule has 1 saturated heterocycles. The molecular weight excluding hydrogens is 219 g/mol. The van der Waals surface area contributed by atoms with Gasteiger partial charge in [-0.2, -0.15) is 11.8 Å². The third-order valence-corrected chi connectivity index (χ3v) is 4.32. The van der Waals surface area contributed by atoms with Gasteiger partial charge in [-0.3, -0.25) is 0 Å². The maximum Gasteiger partial charge on any atom is 0.457 e. The topological polar surface area (TPSA) is 18.5 Å². The van der Waals surface area contributed by atoms with Crippen LogP contribution < -0.4 is 0 Å². The lowest BCUT2D eigenvalue weighted by atomic mass is 9.83. The average Bonchev–Trinajstić information content (AvgIpc) is 2.35. The summed E-state index contributed by atoms with van der Waals surface area (Å²) >= 11 is 1.91. The van der Waals surface area contributed by atoms with Gasteiger partial charge in [-0.05, 0) is 46.2 Å². The zero-order valence-corrected chi connectivity index (χ0v) is 11.7. The third kappa shape index (κ3) is 3.54. The van der Waals surface area contributed by atoms with Gasteiger partial charge in [0.15, 0.2) is 0 Å². The summed E-state index contributed by atoms with van der Waals surface area (Å²) in [6.07, 6.45) is 4.06. The lowest BCUT2D eigenvalue weighted by Crippen LogP contribution is -2.41. The molecule has 0 amide bonds. The quantitative estimate of drug-likeness (QED) is 0.404. The Bertz CT molecular complexity index is 225. The SMILES string of the molecule is C=CCSCCCB1OC(C)(C)C(C)(C)O1. The van der Waals surface area contributed by atoms with Gasteiger partial charge in [0.2, 0.25) is 0 Å². The molecule has 1 aliphatic rings. The molecule has 0 spiro atoms. The fraction of sp³-hybridized carbons (Fsp3) is 0.833. The van der Waals surface area contributed by atoms with E-state index in [0.29, 0.717) is 0 Å². The summed E-state index contributed by atoms with van der Waals surface area (Å²) < 4.78 is 11.8. The van der Waals surface area contributed by atoms with E-state index in [1.807, 2.05) is 17.8 Å².